The van der Waals surface area contributed by atoms with Gasteiger partial charge in [-0.3, -0.25) is 19.4 Å². The van der Waals surface area contributed by atoms with Gasteiger partial charge in [0, 0.05) is 25.2 Å². The summed E-state index contributed by atoms with van der Waals surface area (Å²) in [6.45, 7) is 7.13. The standard InChI is InChI=1S/C20H27F3N6O2/c1-12(2)9-24-19(31)25-18(30)13(3)28-8-4-5-14(10-28)17-27-26-16-7-6-15(11-29(16)17)20(21,22)23/h6-7,11-14H,4-5,8-10H2,1-3H3,(H2,24,25,30,31). The summed E-state index contributed by atoms with van der Waals surface area (Å²) in [5, 5.41) is 13.1. The molecule has 1 saturated heterocycles. The van der Waals surface area contributed by atoms with Crippen molar-refractivity contribution in [2.24, 2.45) is 5.92 Å². The summed E-state index contributed by atoms with van der Waals surface area (Å²) in [7, 11) is 0. The van der Waals surface area contributed by atoms with Gasteiger partial charge in [-0.25, -0.2) is 4.79 Å². The molecule has 3 rings (SSSR count). The van der Waals surface area contributed by atoms with Gasteiger partial charge in [-0.1, -0.05) is 13.8 Å². The van der Waals surface area contributed by atoms with Crippen molar-refractivity contribution in [3.05, 3.63) is 29.7 Å². The minimum absolute atomic E-state index is 0.183. The maximum atomic E-state index is 13.1. The smallest absolute Gasteiger partial charge is 0.338 e. The minimum atomic E-state index is -4.46. The Hall–Kier alpha value is -2.69. The SMILES string of the molecule is CC(C)CNC(=O)NC(=O)C(C)N1CCCC(c2nnc3ccc(C(F)(F)F)cn23)C1. The number of halogens is 3. The predicted molar refractivity (Wildman–Crippen MR) is 107 cm³/mol. The van der Waals surface area contributed by atoms with Gasteiger partial charge in [-0.2, -0.15) is 13.2 Å². The van der Waals surface area contributed by atoms with Crippen LogP contribution in [0.1, 0.15) is 50.9 Å². The molecule has 0 bridgehead atoms. The zero-order valence-electron chi connectivity index (χ0n) is 17.7. The van der Waals surface area contributed by atoms with Crippen molar-refractivity contribution in [1.82, 2.24) is 30.1 Å². The number of fused-ring (bicyclic) bond motifs is 1. The fraction of sp³-hybridized carbons (Fsp3) is 0.600. The van der Waals surface area contributed by atoms with E-state index >= 15 is 0 Å². The van der Waals surface area contributed by atoms with E-state index in [0.29, 0.717) is 31.1 Å². The molecule has 1 fully saturated rings. The Kier molecular flexibility index (Phi) is 6.83. The normalized spacial score (nSPS) is 18.9. The van der Waals surface area contributed by atoms with E-state index in [-0.39, 0.29) is 11.8 Å². The van der Waals surface area contributed by atoms with Crippen LogP contribution in [0.15, 0.2) is 18.3 Å². The summed E-state index contributed by atoms with van der Waals surface area (Å²) in [6, 6.07) is 1.17. The summed E-state index contributed by atoms with van der Waals surface area (Å²) >= 11 is 0. The highest BCUT2D eigenvalue weighted by molar-refractivity contribution is 5.96. The summed E-state index contributed by atoms with van der Waals surface area (Å²) < 4.78 is 40.7. The first-order chi connectivity index (χ1) is 14.6. The van der Waals surface area contributed by atoms with Gasteiger partial charge in [0.1, 0.15) is 5.82 Å². The Morgan fingerprint density at radius 3 is 2.65 bits per heavy atom. The second-order valence-corrected chi connectivity index (χ2v) is 8.31. The van der Waals surface area contributed by atoms with Crippen molar-refractivity contribution >= 4 is 17.6 Å². The second-order valence-electron chi connectivity index (χ2n) is 8.31. The highest BCUT2D eigenvalue weighted by Crippen LogP contribution is 2.31. The maximum Gasteiger partial charge on any atom is 0.417 e. The van der Waals surface area contributed by atoms with E-state index in [2.05, 4.69) is 20.8 Å². The molecule has 3 heterocycles. The molecule has 3 amide bonds. The van der Waals surface area contributed by atoms with Crippen molar-refractivity contribution in [2.45, 2.75) is 51.7 Å². The average Bonchev–Trinajstić information content (AvgIpc) is 3.14. The number of aromatic nitrogens is 3. The van der Waals surface area contributed by atoms with Crippen LogP contribution < -0.4 is 10.6 Å². The van der Waals surface area contributed by atoms with Gasteiger partial charge >= 0.3 is 12.2 Å². The lowest BCUT2D eigenvalue weighted by Crippen LogP contribution is -2.52. The molecule has 8 nitrogen and oxygen atoms in total. The van der Waals surface area contributed by atoms with E-state index in [4.69, 9.17) is 0 Å². The number of urea groups is 1. The number of carbonyl (C=O) groups excluding carboxylic acids is 2. The maximum absolute atomic E-state index is 13.1. The molecule has 2 aromatic rings. The van der Waals surface area contributed by atoms with Gasteiger partial charge in [-0.05, 0) is 44.4 Å². The number of nitrogens with zero attached hydrogens (tertiary/aromatic N) is 4. The summed E-state index contributed by atoms with van der Waals surface area (Å²) in [6.07, 6.45) is -1.98. The first-order valence-corrected chi connectivity index (χ1v) is 10.3. The lowest BCUT2D eigenvalue weighted by molar-refractivity contribution is -0.137. The number of pyridine rings is 1. The number of amides is 3. The molecule has 11 heteroatoms. The molecule has 0 aromatic carbocycles. The predicted octanol–water partition coefficient (Wildman–Crippen LogP) is 2.80. The molecule has 2 aromatic heterocycles. The third-order valence-electron chi connectivity index (χ3n) is 5.41. The molecule has 2 unspecified atom stereocenters. The average molecular weight is 440 g/mol. The van der Waals surface area contributed by atoms with E-state index in [1.165, 1.54) is 10.5 Å². The quantitative estimate of drug-likeness (QED) is 0.746. The lowest BCUT2D eigenvalue weighted by Gasteiger charge is -2.35. The van der Waals surface area contributed by atoms with E-state index in [1.54, 1.807) is 6.92 Å². The first-order valence-electron chi connectivity index (χ1n) is 10.3. The van der Waals surface area contributed by atoms with Crippen LogP contribution in [0.4, 0.5) is 18.0 Å². The Labute approximate surface area is 178 Å². The molecule has 31 heavy (non-hydrogen) atoms. The summed E-state index contributed by atoms with van der Waals surface area (Å²) in [5.41, 5.74) is -0.429. The third-order valence-corrected chi connectivity index (χ3v) is 5.41. The molecule has 1 aliphatic rings. The fourth-order valence-electron chi connectivity index (χ4n) is 3.65. The van der Waals surface area contributed by atoms with Gasteiger partial charge < -0.3 is 5.32 Å². The van der Waals surface area contributed by atoms with Crippen molar-refractivity contribution in [1.29, 1.82) is 0 Å². The van der Waals surface area contributed by atoms with Crippen molar-refractivity contribution in [3.63, 3.8) is 0 Å². The molecule has 2 N–H and O–H groups in total. The van der Waals surface area contributed by atoms with Gasteiger partial charge in [0.25, 0.3) is 0 Å². The molecule has 2 atom stereocenters. The van der Waals surface area contributed by atoms with Crippen molar-refractivity contribution in [3.8, 4) is 0 Å². The monoisotopic (exact) mass is 440 g/mol. The largest absolute Gasteiger partial charge is 0.417 e. The lowest BCUT2D eigenvalue weighted by atomic mass is 9.96. The number of imide groups is 1. The molecule has 0 radical (unpaired) electrons. The second kappa shape index (κ2) is 9.21. The minimum Gasteiger partial charge on any atom is -0.338 e. The number of alkyl halides is 3. The summed E-state index contributed by atoms with van der Waals surface area (Å²) in [4.78, 5) is 26.3. The topological polar surface area (TPSA) is 91.6 Å². The Morgan fingerprint density at radius 1 is 1.23 bits per heavy atom. The molecule has 0 spiro atoms. The Bertz CT molecular complexity index is 943. The number of hydrogen-bond acceptors (Lipinski definition) is 5. The summed E-state index contributed by atoms with van der Waals surface area (Å²) in [5.74, 6) is 0.0923. The number of piperidine rings is 1. The molecular formula is C20H27F3N6O2. The zero-order chi connectivity index (χ0) is 22.8. The van der Waals surface area contributed by atoms with E-state index in [9.17, 15) is 22.8 Å². The highest BCUT2D eigenvalue weighted by Gasteiger charge is 2.33. The number of hydrogen-bond donors (Lipinski definition) is 2. The van der Waals surface area contributed by atoms with Crippen LogP contribution in [0, 0.1) is 5.92 Å². The van der Waals surface area contributed by atoms with Gasteiger partial charge in [-0.15, -0.1) is 10.2 Å². The zero-order valence-corrected chi connectivity index (χ0v) is 17.7. The van der Waals surface area contributed by atoms with Gasteiger partial charge in [0.05, 0.1) is 11.6 Å². The molecule has 0 saturated carbocycles. The van der Waals surface area contributed by atoms with Gasteiger partial charge in [0.15, 0.2) is 5.65 Å². The number of likely N-dealkylation sites (tertiary alicyclic amines) is 1. The van der Waals surface area contributed by atoms with E-state index in [1.807, 2.05) is 18.7 Å². The molecule has 0 aliphatic carbocycles. The molecular weight excluding hydrogens is 413 g/mol. The number of nitrogens with one attached hydrogen (secondary N) is 2. The Morgan fingerprint density at radius 2 is 1.97 bits per heavy atom. The van der Waals surface area contributed by atoms with Crippen LogP contribution in [0.25, 0.3) is 5.65 Å². The van der Waals surface area contributed by atoms with Gasteiger partial charge in [0.2, 0.25) is 5.91 Å². The van der Waals surface area contributed by atoms with Crippen LogP contribution in [0.3, 0.4) is 0 Å². The third kappa shape index (κ3) is 5.52. The van der Waals surface area contributed by atoms with Crippen LogP contribution in [0.5, 0.6) is 0 Å². The van der Waals surface area contributed by atoms with Crippen LogP contribution in [-0.2, 0) is 11.0 Å². The fourth-order valence-corrected chi connectivity index (χ4v) is 3.65. The molecule has 170 valence electrons. The Balaban J connectivity index is 1.70. The van der Waals surface area contributed by atoms with Crippen molar-refractivity contribution < 1.29 is 22.8 Å². The van der Waals surface area contributed by atoms with Crippen LogP contribution in [-0.4, -0.2) is 57.1 Å². The number of carbonyl (C=O) groups is 2. The van der Waals surface area contributed by atoms with Crippen LogP contribution in [0.2, 0.25) is 0 Å². The first kappa shape index (κ1) is 23.0. The number of rotatable bonds is 5. The van der Waals surface area contributed by atoms with E-state index in [0.717, 1.165) is 25.1 Å². The van der Waals surface area contributed by atoms with Crippen LogP contribution >= 0.6 is 0 Å². The van der Waals surface area contributed by atoms with E-state index < -0.39 is 29.7 Å². The highest BCUT2D eigenvalue weighted by atomic mass is 19.4. The van der Waals surface area contributed by atoms with Crippen molar-refractivity contribution in [2.75, 3.05) is 19.6 Å². The molecule has 1 aliphatic heterocycles.